The molecular formula is C28H37N5O. The Balaban J connectivity index is 1.35. The number of aromatic nitrogens is 4. The molecule has 1 N–H and O–H groups in total. The van der Waals surface area contributed by atoms with Crippen LogP contribution in [0.15, 0.2) is 41.3 Å². The fourth-order valence-corrected chi connectivity index (χ4v) is 7.82. The summed E-state index contributed by atoms with van der Waals surface area (Å²) in [7, 11) is 0. The monoisotopic (exact) mass is 459 g/mol. The van der Waals surface area contributed by atoms with Gasteiger partial charge in [-0.2, -0.15) is 5.10 Å². The van der Waals surface area contributed by atoms with E-state index in [1.54, 1.807) is 6.20 Å². The Hall–Kier alpha value is -2.47. The second kappa shape index (κ2) is 8.33. The van der Waals surface area contributed by atoms with Crippen molar-refractivity contribution < 1.29 is 0 Å². The summed E-state index contributed by atoms with van der Waals surface area (Å²) < 4.78 is 1.94. The maximum Gasteiger partial charge on any atom is 0.276 e. The zero-order valence-electron chi connectivity index (χ0n) is 20.7. The van der Waals surface area contributed by atoms with E-state index in [0.29, 0.717) is 23.3 Å². The van der Waals surface area contributed by atoms with E-state index < -0.39 is 0 Å². The lowest BCUT2D eigenvalue weighted by Gasteiger charge is -2.49. The second-order valence-electron chi connectivity index (χ2n) is 11.9. The Kier molecular flexibility index (Phi) is 5.40. The highest BCUT2D eigenvalue weighted by molar-refractivity contribution is 5.43. The van der Waals surface area contributed by atoms with Crippen molar-refractivity contribution in [1.29, 1.82) is 0 Å². The highest BCUT2D eigenvalue weighted by Gasteiger charge is 2.48. The number of imidazole rings is 1. The van der Waals surface area contributed by atoms with Gasteiger partial charge in [0.2, 0.25) is 0 Å². The molecule has 6 rings (SSSR count). The molecule has 1 aliphatic heterocycles. The molecule has 3 fully saturated rings. The van der Waals surface area contributed by atoms with Crippen molar-refractivity contribution >= 4 is 5.52 Å². The van der Waals surface area contributed by atoms with Gasteiger partial charge in [0.15, 0.2) is 5.52 Å². The summed E-state index contributed by atoms with van der Waals surface area (Å²) in [5, 5.41) is 5.11. The number of benzene rings is 1. The Morgan fingerprint density at radius 1 is 1.03 bits per heavy atom. The van der Waals surface area contributed by atoms with E-state index in [9.17, 15) is 4.79 Å². The van der Waals surface area contributed by atoms with Gasteiger partial charge < -0.3 is 4.98 Å². The van der Waals surface area contributed by atoms with Crippen LogP contribution in [0.3, 0.4) is 0 Å². The molecule has 1 aromatic carbocycles. The molecule has 2 aliphatic carbocycles. The molecule has 6 nitrogen and oxygen atoms in total. The van der Waals surface area contributed by atoms with E-state index in [2.05, 4.69) is 61.0 Å². The highest BCUT2D eigenvalue weighted by atomic mass is 16.1. The lowest BCUT2D eigenvalue weighted by atomic mass is 9.56. The van der Waals surface area contributed by atoms with Crippen molar-refractivity contribution in [3.63, 3.8) is 0 Å². The zero-order chi connectivity index (χ0) is 23.4. The Morgan fingerprint density at radius 2 is 1.76 bits per heavy atom. The molecule has 0 amide bonds. The fourth-order valence-electron chi connectivity index (χ4n) is 7.82. The van der Waals surface area contributed by atoms with Gasteiger partial charge in [-0.3, -0.25) is 9.69 Å². The smallest absolute Gasteiger partial charge is 0.276 e. The molecule has 4 unspecified atom stereocenters. The van der Waals surface area contributed by atoms with Crippen LogP contribution in [0.2, 0.25) is 0 Å². The fraction of sp³-hybridized carbons (Fsp3) is 0.607. The van der Waals surface area contributed by atoms with Gasteiger partial charge in [0.05, 0.1) is 6.20 Å². The van der Waals surface area contributed by atoms with E-state index >= 15 is 0 Å². The Morgan fingerprint density at radius 3 is 2.50 bits per heavy atom. The minimum absolute atomic E-state index is 0.0467. The van der Waals surface area contributed by atoms with Gasteiger partial charge in [0, 0.05) is 31.0 Å². The number of aromatic amines is 1. The molecule has 2 aromatic heterocycles. The van der Waals surface area contributed by atoms with Crippen LogP contribution in [-0.2, 0) is 12.0 Å². The third-order valence-corrected chi connectivity index (χ3v) is 8.81. The third-order valence-electron chi connectivity index (χ3n) is 8.81. The number of hydrogen-bond acceptors (Lipinski definition) is 4. The minimum Gasteiger partial charge on any atom is -0.307 e. The van der Waals surface area contributed by atoms with Crippen LogP contribution in [0.25, 0.3) is 5.52 Å². The molecule has 0 radical (unpaired) electrons. The van der Waals surface area contributed by atoms with Crippen molar-refractivity contribution in [2.24, 2.45) is 23.7 Å². The van der Waals surface area contributed by atoms with Gasteiger partial charge in [0.1, 0.15) is 11.6 Å². The highest BCUT2D eigenvalue weighted by Crippen LogP contribution is 2.53. The van der Waals surface area contributed by atoms with Gasteiger partial charge in [0.25, 0.3) is 5.56 Å². The molecule has 6 heteroatoms. The number of rotatable bonds is 4. The van der Waals surface area contributed by atoms with E-state index in [4.69, 9.17) is 10.1 Å². The van der Waals surface area contributed by atoms with Crippen molar-refractivity contribution in [3.8, 4) is 0 Å². The first kappa shape index (κ1) is 22.0. The van der Waals surface area contributed by atoms with Crippen LogP contribution in [-0.4, -0.2) is 37.6 Å². The molecule has 0 spiro atoms. The first-order valence-electron chi connectivity index (χ1n) is 13.1. The quantitative estimate of drug-likeness (QED) is 0.611. The summed E-state index contributed by atoms with van der Waals surface area (Å²) in [6.07, 6.45) is 7.90. The molecule has 34 heavy (non-hydrogen) atoms. The lowest BCUT2D eigenvalue weighted by molar-refractivity contribution is 0.0708. The van der Waals surface area contributed by atoms with Crippen LogP contribution in [0.1, 0.15) is 76.0 Å². The molecule has 3 aliphatic rings. The average molecular weight is 460 g/mol. The minimum atomic E-state index is -0.0573. The number of fused-ring (bicyclic) bond motifs is 3. The van der Waals surface area contributed by atoms with E-state index in [1.165, 1.54) is 24.8 Å². The molecular weight excluding hydrogens is 422 g/mol. The summed E-state index contributed by atoms with van der Waals surface area (Å²) in [5.41, 5.74) is 1.91. The molecule has 180 valence electrons. The Bertz CT molecular complexity index is 1210. The largest absolute Gasteiger partial charge is 0.307 e. The number of nitrogens with one attached hydrogen (secondary N) is 1. The predicted octanol–water partition coefficient (Wildman–Crippen LogP) is 4.76. The average Bonchev–Trinajstić information content (AvgIpc) is 3.37. The number of H-pyrrole nitrogens is 1. The molecule has 3 heterocycles. The van der Waals surface area contributed by atoms with Crippen LogP contribution in [0.4, 0.5) is 0 Å². The van der Waals surface area contributed by atoms with Crippen molar-refractivity contribution in [3.05, 3.63) is 64.1 Å². The van der Waals surface area contributed by atoms with Gasteiger partial charge in [-0.05, 0) is 61.3 Å². The third kappa shape index (κ3) is 3.80. The SMILES string of the molecule is CC1CC2CC(C)CC(c3ncc4c(=O)[nH]c(C5CN(Cc6ccccc6)CC5C)nn34)(C1)C2. The second-order valence-corrected chi connectivity index (χ2v) is 11.9. The maximum absolute atomic E-state index is 13.2. The summed E-state index contributed by atoms with van der Waals surface area (Å²) in [4.78, 5) is 23.7. The normalized spacial score (nSPS) is 34.0. The van der Waals surface area contributed by atoms with Gasteiger partial charge in [-0.25, -0.2) is 9.50 Å². The van der Waals surface area contributed by atoms with Gasteiger partial charge in [-0.15, -0.1) is 0 Å². The summed E-state index contributed by atoms with van der Waals surface area (Å²) >= 11 is 0. The zero-order valence-corrected chi connectivity index (χ0v) is 20.7. The lowest BCUT2D eigenvalue weighted by Crippen LogP contribution is -2.44. The predicted molar refractivity (Wildman–Crippen MR) is 134 cm³/mol. The maximum atomic E-state index is 13.2. The van der Waals surface area contributed by atoms with Crippen LogP contribution in [0.5, 0.6) is 0 Å². The topological polar surface area (TPSA) is 66.3 Å². The summed E-state index contributed by atoms with van der Waals surface area (Å²) in [6, 6.07) is 10.6. The number of nitrogens with zero attached hydrogens (tertiary/aromatic N) is 4. The Labute approximate surface area is 201 Å². The van der Waals surface area contributed by atoms with E-state index in [-0.39, 0.29) is 16.9 Å². The molecule has 3 aromatic rings. The molecule has 4 atom stereocenters. The molecule has 2 bridgehead atoms. The summed E-state index contributed by atoms with van der Waals surface area (Å²) in [5.74, 6) is 4.66. The van der Waals surface area contributed by atoms with Gasteiger partial charge in [-0.1, -0.05) is 51.1 Å². The van der Waals surface area contributed by atoms with Crippen LogP contribution in [0, 0.1) is 23.7 Å². The van der Waals surface area contributed by atoms with Crippen molar-refractivity contribution in [2.75, 3.05) is 13.1 Å². The standard InChI is InChI=1S/C28H37N5O/c1-18-9-22-10-19(2)12-28(11-18,13-22)27-29-14-24-26(34)30-25(31-33(24)27)23-17-32(15-20(23)3)16-21-7-5-4-6-8-21/h4-8,14,18-20,22-23H,9-13,15-17H2,1-3H3,(H,30,31,34). The van der Waals surface area contributed by atoms with E-state index in [0.717, 1.165) is 50.0 Å². The molecule has 1 saturated heterocycles. The van der Waals surface area contributed by atoms with Crippen LogP contribution >= 0.6 is 0 Å². The summed E-state index contributed by atoms with van der Waals surface area (Å²) in [6.45, 7) is 9.92. The first-order valence-corrected chi connectivity index (χ1v) is 13.1. The van der Waals surface area contributed by atoms with Crippen molar-refractivity contribution in [2.45, 2.75) is 70.8 Å². The first-order chi connectivity index (χ1) is 16.4. The van der Waals surface area contributed by atoms with Gasteiger partial charge >= 0.3 is 0 Å². The number of likely N-dealkylation sites (tertiary alicyclic amines) is 1. The molecule has 2 saturated carbocycles. The van der Waals surface area contributed by atoms with Crippen molar-refractivity contribution in [1.82, 2.24) is 24.5 Å². The van der Waals surface area contributed by atoms with Crippen LogP contribution < -0.4 is 5.56 Å². The van der Waals surface area contributed by atoms with E-state index in [1.807, 2.05) is 4.52 Å². The number of hydrogen-bond donors (Lipinski definition) is 1.